The van der Waals surface area contributed by atoms with Gasteiger partial charge < -0.3 is 9.47 Å². The summed E-state index contributed by atoms with van der Waals surface area (Å²) in [6.45, 7) is 10.0. The van der Waals surface area contributed by atoms with Gasteiger partial charge in [0.15, 0.2) is 11.5 Å². The van der Waals surface area contributed by atoms with Crippen molar-refractivity contribution in [3.05, 3.63) is 35.8 Å². The normalized spacial score (nSPS) is 28.0. The number of fused-ring (bicyclic) bond motifs is 1. The van der Waals surface area contributed by atoms with Gasteiger partial charge in [-0.2, -0.15) is 0 Å². The summed E-state index contributed by atoms with van der Waals surface area (Å²) in [6.07, 6.45) is 3.33. The van der Waals surface area contributed by atoms with Gasteiger partial charge in [0.05, 0.1) is 0 Å². The van der Waals surface area contributed by atoms with Crippen molar-refractivity contribution < 1.29 is 18.3 Å². The van der Waals surface area contributed by atoms with Gasteiger partial charge in [0.2, 0.25) is 0 Å². The van der Waals surface area contributed by atoms with Gasteiger partial charge in [0.25, 0.3) is 0 Å². The van der Waals surface area contributed by atoms with Crippen LogP contribution in [0.25, 0.3) is 0 Å². The Bertz CT molecular complexity index is 395. The number of hydrogen-bond acceptors (Lipinski definition) is 2. The van der Waals surface area contributed by atoms with Crippen LogP contribution < -0.4 is 0 Å². The van der Waals surface area contributed by atoms with E-state index >= 15 is 0 Å². The second-order valence-electron chi connectivity index (χ2n) is 4.59. The largest absolute Gasteiger partial charge is 0.586 e. The Morgan fingerprint density at radius 1 is 1.11 bits per heavy atom. The van der Waals surface area contributed by atoms with E-state index in [-0.39, 0.29) is 22.9 Å². The first-order chi connectivity index (χ1) is 8.32. The van der Waals surface area contributed by atoms with E-state index in [1.54, 1.807) is 12.2 Å². The molecule has 1 aliphatic heterocycles. The highest BCUT2D eigenvalue weighted by Crippen LogP contribution is 2.42. The van der Waals surface area contributed by atoms with Crippen molar-refractivity contribution in [2.24, 2.45) is 11.3 Å². The van der Waals surface area contributed by atoms with Crippen LogP contribution in [0.15, 0.2) is 35.8 Å². The molecule has 0 amide bonds. The fourth-order valence-corrected chi connectivity index (χ4v) is 1.63. The van der Waals surface area contributed by atoms with Crippen LogP contribution >= 0.6 is 0 Å². The second-order valence-corrected chi connectivity index (χ2v) is 4.59. The summed E-state index contributed by atoms with van der Waals surface area (Å²) in [6, 6.07) is 0. The number of ether oxygens (including phenoxy) is 2. The first kappa shape index (κ1) is 14.7. The Hall–Kier alpha value is -1.32. The minimum atomic E-state index is -3.54. The van der Waals surface area contributed by atoms with Crippen molar-refractivity contribution >= 4 is 0 Å². The van der Waals surface area contributed by atoms with Gasteiger partial charge in [-0.15, -0.1) is 8.78 Å². The summed E-state index contributed by atoms with van der Waals surface area (Å²) < 4.78 is 34.6. The van der Waals surface area contributed by atoms with Crippen molar-refractivity contribution in [1.82, 2.24) is 0 Å². The minimum Gasteiger partial charge on any atom is -0.396 e. The molecule has 0 bridgehead atoms. The summed E-state index contributed by atoms with van der Waals surface area (Å²) in [5.74, 6) is 0.485. The average molecular weight is 258 g/mol. The van der Waals surface area contributed by atoms with Crippen molar-refractivity contribution in [2.75, 3.05) is 0 Å². The van der Waals surface area contributed by atoms with Crippen molar-refractivity contribution in [3.8, 4) is 0 Å². The highest BCUT2D eigenvalue weighted by atomic mass is 19.3. The van der Waals surface area contributed by atoms with Crippen LogP contribution in [0.4, 0.5) is 8.78 Å². The number of halogens is 2. The molecule has 0 radical (unpaired) electrons. The predicted octanol–water partition coefficient (Wildman–Crippen LogP) is 4.61. The van der Waals surface area contributed by atoms with E-state index in [4.69, 9.17) is 0 Å². The Labute approximate surface area is 107 Å². The molecule has 1 atom stereocenters. The van der Waals surface area contributed by atoms with Crippen LogP contribution in [0.1, 0.15) is 34.6 Å². The quantitative estimate of drug-likeness (QED) is 0.683. The van der Waals surface area contributed by atoms with Crippen LogP contribution in [-0.2, 0) is 9.47 Å². The van der Waals surface area contributed by atoms with Gasteiger partial charge in [-0.05, 0) is 18.1 Å². The van der Waals surface area contributed by atoms with E-state index in [0.717, 1.165) is 0 Å². The number of hydrogen-bond donors (Lipinski definition) is 0. The molecule has 1 aliphatic carbocycles. The molecule has 1 saturated heterocycles. The maximum absolute atomic E-state index is 12.9. The Morgan fingerprint density at radius 3 is 2.22 bits per heavy atom. The van der Waals surface area contributed by atoms with E-state index < -0.39 is 6.29 Å². The first-order valence-electron chi connectivity index (χ1n) is 6.21. The lowest BCUT2D eigenvalue weighted by atomic mass is 9.78. The number of alkyl halides is 2. The number of rotatable bonds is 1. The van der Waals surface area contributed by atoms with Crippen LogP contribution in [0.5, 0.6) is 0 Å². The molecule has 0 saturated carbocycles. The lowest BCUT2D eigenvalue weighted by Crippen LogP contribution is -2.19. The number of allylic oxidation sites excluding steroid dienone is 4. The molecule has 102 valence electrons. The highest BCUT2D eigenvalue weighted by molar-refractivity contribution is 5.34. The van der Waals surface area contributed by atoms with Crippen molar-refractivity contribution in [1.29, 1.82) is 0 Å². The van der Waals surface area contributed by atoms with E-state index in [2.05, 4.69) is 9.47 Å². The van der Waals surface area contributed by atoms with Crippen LogP contribution in [0.2, 0.25) is 0 Å². The van der Waals surface area contributed by atoms with Crippen molar-refractivity contribution in [3.63, 3.8) is 0 Å². The summed E-state index contributed by atoms with van der Waals surface area (Å²) in [5, 5.41) is 0. The monoisotopic (exact) mass is 258 g/mol. The molecule has 0 aromatic rings. The van der Waals surface area contributed by atoms with E-state index in [0.29, 0.717) is 0 Å². The van der Waals surface area contributed by atoms with Crippen LogP contribution in [0.3, 0.4) is 0 Å². The Balaban J connectivity index is 0.000000771. The summed E-state index contributed by atoms with van der Waals surface area (Å²) in [7, 11) is 0. The topological polar surface area (TPSA) is 18.5 Å². The lowest BCUT2D eigenvalue weighted by molar-refractivity contribution is -0.326. The average Bonchev–Trinajstić information content (AvgIpc) is 2.46. The van der Waals surface area contributed by atoms with Gasteiger partial charge in [-0.1, -0.05) is 46.8 Å². The molecule has 1 heterocycles. The SMILES string of the molecule is CC.CC(C)C1(C)C=CC=C2OC(F)(F)OC2=C1. The maximum atomic E-state index is 12.9. The molecule has 0 spiro atoms. The lowest BCUT2D eigenvalue weighted by Gasteiger charge is -2.26. The zero-order valence-corrected chi connectivity index (χ0v) is 11.5. The maximum Gasteiger partial charge on any atom is 0.586 e. The van der Waals surface area contributed by atoms with E-state index in [9.17, 15) is 8.78 Å². The Morgan fingerprint density at radius 2 is 1.67 bits per heavy atom. The first-order valence-corrected chi connectivity index (χ1v) is 6.21. The summed E-state index contributed by atoms with van der Waals surface area (Å²) in [4.78, 5) is 0. The fourth-order valence-electron chi connectivity index (χ4n) is 1.63. The summed E-state index contributed by atoms with van der Waals surface area (Å²) >= 11 is 0. The standard InChI is InChI=1S/C12H14F2O2.C2H6/c1-8(2)11(3)6-4-5-9-10(7-11)16-12(13,14)15-9;1-2/h4-8H,1-3H3;1-2H3. The predicted molar refractivity (Wildman–Crippen MR) is 66.7 cm³/mol. The third kappa shape index (κ3) is 2.92. The zero-order chi connectivity index (χ0) is 14.0. The van der Waals surface area contributed by atoms with Gasteiger partial charge in [0, 0.05) is 5.41 Å². The fraction of sp³-hybridized carbons (Fsp3) is 0.571. The molecule has 0 aromatic heterocycles. The van der Waals surface area contributed by atoms with Crippen molar-refractivity contribution in [2.45, 2.75) is 40.9 Å². The minimum absolute atomic E-state index is 0.0885. The molecule has 1 fully saturated rings. The molecule has 1 unspecified atom stereocenters. The summed E-state index contributed by atoms with van der Waals surface area (Å²) in [5.41, 5.74) is -0.308. The van der Waals surface area contributed by atoms with E-state index in [1.165, 1.54) is 6.08 Å². The van der Waals surface area contributed by atoms with E-state index in [1.807, 2.05) is 40.7 Å². The molecule has 18 heavy (non-hydrogen) atoms. The third-order valence-electron chi connectivity index (χ3n) is 3.09. The van der Waals surface area contributed by atoms with Gasteiger partial charge >= 0.3 is 6.29 Å². The molecule has 0 aromatic carbocycles. The molecule has 0 N–H and O–H groups in total. The van der Waals surface area contributed by atoms with Crippen LogP contribution in [0, 0.1) is 11.3 Å². The zero-order valence-electron chi connectivity index (χ0n) is 11.5. The van der Waals surface area contributed by atoms with Gasteiger partial charge in [0.1, 0.15) is 0 Å². The third-order valence-corrected chi connectivity index (χ3v) is 3.09. The molecule has 2 nitrogen and oxygen atoms in total. The van der Waals surface area contributed by atoms with Gasteiger partial charge in [-0.25, -0.2) is 0 Å². The smallest absolute Gasteiger partial charge is 0.396 e. The highest BCUT2D eigenvalue weighted by Gasteiger charge is 2.46. The molecular formula is C14H20F2O2. The molecule has 4 heteroatoms. The second kappa shape index (κ2) is 5.12. The molecular weight excluding hydrogens is 238 g/mol. The van der Waals surface area contributed by atoms with Gasteiger partial charge in [-0.3, -0.25) is 0 Å². The van der Waals surface area contributed by atoms with Crippen LogP contribution in [-0.4, -0.2) is 6.29 Å². The molecule has 2 rings (SSSR count). The molecule has 2 aliphatic rings. The Kier molecular flexibility index (Phi) is 4.20.